The molecule has 0 spiro atoms. The highest BCUT2D eigenvalue weighted by Crippen LogP contribution is 2.31. The Morgan fingerprint density at radius 2 is 1.88 bits per heavy atom. The van der Waals surface area contributed by atoms with Gasteiger partial charge in [0.05, 0.1) is 16.6 Å². The predicted molar refractivity (Wildman–Crippen MR) is 46.1 cm³/mol. The van der Waals surface area contributed by atoms with Crippen LogP contribution in [0.5, 0.6) is 0 Å². The van der Waals surface area contributed by atoms with Gasteiger partial charge < -0.3 is 4.98 Å². The normalized spacial score (nSPS) is 12.6. The van der Waals surface area contributed by atoms with Gasteiger partial charge in [-0.05, 0) is 18.2 Å². The van der Waals surface area contributed by atoms with Gasteiger partial charge in [0.2, 0.25) is 0 Å². The SMILES string of the molecule is FC(F)c1nc2ccc(C(F)(F)F)cc2[nH]1. The Balaban J connectivity index is 2.54. The van der Waals surface area contributed by atoms with E-state index in [9.17, 15) is 22.0 Å². The minimum atomic E-state index is -4.50. The lowest BCUT2D eigenvalue weighted by Gasteiger charge is -2.05. The van der Waals surface area contributed by atoms with Crippen LogP contribution in [0.3, 0.4) is 0 Å². The monoisotopic (exact) mass is 236 g/mol. The van der Waals surface area contributed by atoms with Crippen LogP contribution in [0.2, 0.25) is 0 Å². The van der Waals surface area contributed by atoms with E-state index in [1.807, 2.05) is 0 Å². The van der Waals surface area contributed by atoms with Crippen LogP contribution in [0, 0.1) is 0 Å². The zero-order valence-electron chi connectivity index (χ0n) is 7.65. The Labute approximate surface area is 86.1 Å². The third-order valence-electron chi connectivity index (χ3n) is 2.03. The molecule has 16 heavy (non-hydrogen) atoms. The molecule has 2 rings (SSSR count). The summed E-state index contributed by atoms with van der Waals surface area (Å²) in [4.78, 5) is 5.61. The molecule has 2 nitrogen and oxygen atoms in total. The van der Waals surface area contributed by atoms with Crippen LogP contribution in [-0.2, 0) is 6.18 Å². The van der Waals surface area contributed by atoms with Gasteiger partial charge in [-0.3, -0.25) is 0 Å². The molecule has 0 aliphatic rings. The van der Waals surface area contributed by atoms with Gasteiger partial charge in [0.25, 0.3) is 6.43 Å². The molecule has 0 fully saturated rings. The number of imidazole rings is 1. The third kappa shape index (κ3) is 1.84. The number of alkyl halides is 5. The first-order chi connectivity index (χ1) is 7.38. The van der Waals surface area contributed by atoms with Gasteiger partial charge in [-0.1, -0.05) is 0 Å². The number of nitrogens with one attached hydrogen (secondary N) is 1. The minimum absolute atomic E-state index is 0.0508. The highest BCUT2D eigenvalue weighted by atomic mass is 19.4. The Hall–Kier alpha value is -1.66. The molecule has 7 heteroatoms. The molecule has 0 bridgehead atoms. The van der Waals surface area contributed by atoms with E-state index >= 15 is 0 Å². The molecule has 1 aromatic carbocycles. The van der Waals surface area contributed by atoms with Crippen molar-refractivity contribution in [1.29, 1.82) is 0 Å². The molecule has 0 saturated heterocycles. The summed E-state index contributed by atoms with van der Waals surface area (Å²) in [6.07, 6.45) is -7.33. The number of hydrogen-bond acceptors (Lipinski definition) is 1. The van der Waals surface area contributed by atoms with Gasteiger partial charge in [0.1, 0.15) is 0 Å². The summed E-state index contributed by atoms with van der Waals surface area (Å²) < 4.78 is 61.3. The van der Waals surface area contributed by atoms with Crippen molar-refractivity contribution in [3.8, 4) is 0 Å². The van der Waals surface area contributed by atoms with Crippen LogP contribution in [0.25, 0.3) is 11.0 Å². The van der Waals surface area contributed by atoms with Crippen molar-refractivity contribution in [3.63, 3.8) is 0 Å². The van der Waals surface area contributed by atoms with Crippen molar-refractivity contribution in [2.24, 2.45) is 0 Å². The summed E-state index contributed by atoms with van der Waals surface area (Å²) in [6.45, 7) is 0. The average molecular weight is 236 g/mol. The molecule has 0 amide bonds. The van der Waals surface area contributed by atoms with E-state index in [0.29, 0.717) is 0 Å². The van der Waals surface area contributed by atoms with Crippen LogP contribution in [0.4, 0.5) is 22.0 Å². The summed E-state index contributed by atoms with van der Waals surface area (Å²) in [5, 5.41) is 0. The fourth-order valence-electron chi connectivity index (χ4n) is 1.31. The van der Waals surface area contributed by atoms with Gasteiger partial charge in [0, 0.05) is 0 Å². The van der Waals surface area contributed by atoms with E-state index in [-0.39, 0.29) is 11.0 Å². The van der Waals surface area contributed by atoms with Crippen LogP contribution in [0.15, 0.2) is 18.2 Å². The second-order valence-corrected chi connectivity index (χ2v) is 3.15. The zero-order valence-corrected chi connectivity index (χ0v) is 7.65. The van der Waals surface area contributed by atoms with Crippen LogP contribution < -0.4 is 0 Å². The molecule has 2 aromatic rings. The van der Waals surface area contributed by atoms with Gasteiger partial charge in [0.15, 0.2) is 5.82 Å². The molecule has 1 N–H and O–H groups in total. The lowest BCUT2D eigenvalue weighted by molar-refractivity contribution is -0.137. The number of rotatable bonds is 1. The number of hydrogen-bond donors (Lipinski definition) is 1. The zero-order chi connectivity index (χ0) is 11.9. The van der Waals surface area contributed by atoms with E-state index in [2.05, 4.69) is 9.97 Å². The molecular weight excluding hydrogens is 231 g/mol. The van der Waals surface area contributed by atoms with E-state index < -0.39 is 24.0 Å². The van der Waals surface area contributed by atoms with Crippen LogP contribution in [0.1, 0.15) is 17.8 Å². The van der Waals surface area contributed by atoms with Gasteiger partial charge in [-0.25, -0.2) is 13.8 Å². The van der Waals surface area contributed by atoms with Crippen molar-refractivity contribution in [3.05, 3.63) is 29.6 Å². The maximum absolute atomic E-state index is 12.3. The molecule has 1 aromatic heterocycles. The lowest BCUT2D eigenvalue weighted by atomic mass is 10.2. The second-order valence-electron chi connectivity index (χ2n) is 3.15. The van der Waals surface area contributed by atoms with Crippen molar-refractivity contribution in [2.75, 3.05) is 0 Å². The Morgan fingerprint density at radius 1 is 1.19 bits per heavy atom. The molecule has 86 valence electrons. The maximum atomic E-state index is 12.3. The van der Waals surface area contributed by atoms with Gasteiger partial charge in [-0.15, -0.1) is 0 Å². The first-order valence-corrected chi connectivity index (χ1v) is 4.23. The van der Waals surface area contributed by atoms with Gasteiger partial charge in [-0.2, -0.15) is 13.2 Å². The molecule has 1 heterocycles. The molecule has 0 radical (unpaired) electrons. The Kier molecular flexibility index (Phi) is 2.32. The molecular formula is C9H5F5N2. The number of aromatic amines is 1. The minimum Gasteiger partial charge on any atom is -0.337 e. The summed E-state index contributed by atoms with van der Waals surface area (Å²) in [7, 11) is 0. The topological polar surface area (TPSA) is 28.7 Å². The predicted octanol–water partition coefficient (Wildman–Crippen LogP) is 3.52. The first kappa shape index (κ1) is 10.8. The molecule has 0 aliphatic heterocycles. The smallest absolute Gasteiger partial charge is 0.337 e. The van der Waals surface area contributed by atoms with Gasteiger partial charge >= 0.3 is 6.18 Å². The number of halogens is 5. The number of benzene rings is 1. The highest BCUT2D eigenvalue weighted by Gasteiger charge is 2.30. The van der Waals surface area contributed by atoms with Crippen molar-refractivity contribution >= 4 is 11.0 Å². The molecule has 0 unspecified atom stereocenters. The largest absolute Gasteiger partial charge is 0.416 e. The van der Waals surface area contributed by atoms with Crippen molar-refractivity contribution in [1.82, 2.24) is 9.97 Å². The van der Waals surface area contributed by atoms with E-state index in [1.54, 1.807) is 0 Å². The highest BCUT2D eigenvalue weighted by molar-refractivity contribution is 5.76. The third-order valence-corrected chi connectivity index (χ3v) is 2.03. The quantitative estimate of drug-likeness (QED) is 0.754. The van der Waals surface area contributed by atoms with E-state index in [4.69, 9.17) is 0 Å². The van der Waals surface area contributed by atoms with E-state index in [0.717, 1.165) is 18.2 Å². The Bertz CT molecular complexity index is 514. The number of aromatic nitrogens is 2. The summed E-state index contributed by atoms with van der Waals surface area (Å²) in [5.74, 6) is -0.630. The maximum Gasteiger partial charge on any atom is 0.416 e. The first-order valence-electron chi connectivity index (χ1n) is 4.23. The molecule has 0 saturated carbocycles. The molecule has 0 aliphatic carbocycles. The summed E-state index contributed by atoms with van der Waals surface area (Å²) >= 11 is 0. The number of fused-ring (bicyclic) bond motifs is 1. The Morgan fingerprint density at radius 3 is 2.44 bits per heavy atom. The van der Waals surface area contributed by atoms with Crippen molar-refractivity contribution < 1.29 is 22.0 Å². The average Bonchev–Trinajstić information content (AvgIpc) is 2.58. The van der Waals surface area contributed by atoms with E-state index in [1.165, 1.54) is 0 Å². The lowest BCUT2D eigenvalue weighted by Crippen LogP contribution is -2.04. The standard InChI is InChI=1S/C9H5F5N2/c10-7(11)8-15-5-2-1-4(9(12,13)14)3-6(5)16-8/h1-3,7H,(H,15,16). The van der Waals surface area contributed by atoms with Crippen LogP contribution >= 0.6 is 0 Å². The summed E-state index contributed by atoms with van der Waals surface area (Å²) in [5.41, 5.74) is -0.863. The summed E-state index contributed by atoms with van der Waals surface area (Å²) in [6, 6.07) is 2.62. The number of nitrogens with zero attached hydrogens (tertiary/aromatic N) is 1. The fraction of sp³-hybridized carbons (Fsp3) is 0.222. The van der Waals surface area contributed by atoms with Crippen LogP contribution in [-0.4, -0.2) is 9.97 Å². The molecule has 0 atom stereocenters. The van der Waals surface area contributed by atoms with Crippen molar-refractivity contribution in [2.45, 2.75) is 12.6 Å². The number of H-pyrrole nitrogens is 1. The second kappa shape index (κ2) is 3.43. The fourth-order valence-corrected chi connectivity index (χ4v) is 1.31.